The normalized spacial score (nSPS) is 12.6. The molecule has 0 unspecified atom stereocenters. The molecule has 344 valence electrons. The number of halogens is 2. The van der Waals surface area contributed by atoms with Crippen LogP contribution in [0.2, 0.25) is 10.0 Å². The van der Waals surface area contributed by atoms with Gasteiger partial charge in [-0.25, -0.2) is 36.4 Å². The lowest BCUT2D eigenvalue weighted by Gasteiger charge is -2.16. The highest BCUT2D eigenvalue weighted by Gasteiger charge is 2.26. The van der Waals surface area contributed by atoms with Crippen LogP contribution >= 0.6 is 45.9 Å². The predicted octanol–water partition coefficient (Wildman–Crippen LogP) is 9.55. The number of aromatic hydroxyl groups is 2. The van der Waals surface area contributed by atoms with E-state index in [-0.39, 0.29) is 52.6 Å². The number of ether oxygens (including phenoxy) is 4. The largest absolute Gasteiger partial charge is 0.506 e. The molecule has 4 aromatic heterocycles. The van der Waals surface area contributed by atoms with E-state index in [4.69, 9.17) is 42.1 Å². The fraction of sp³-hybridized carbons (Fsp3) is 0.182. The van der Waals surface area contributed by atoms with Crippen molar-refractivity contribution in [2.75, 3.05) is 26.7 Å². The highest BCUT2D eigenvalue weighted by molar-refractivity contribution is 7.91. The number of carbonyl (C=O) groups is 2. The van der Waals surface area contributed by atoms with Gasteiger partial charge in [0.15, 0.2) is 29.4 Å². The summed E-state index contributed by atoms with van der Waals surface area (Å²) in [7, 11) is -4.24. The van der Waals surface area contributed by atoms with Gasteiger partial charge in [0.25, 0.3) is 0 Å². The van der Waals surface area contributed by atoms with Crippen molar-refractivity contribution >= 4 is 99.6 Å². The molecule has 0 aliphatic rings. The number of methoxy groups -OCH3 is 2. The number of rotatable bonds is 12. The molecule has 8 aromatic rings. The van der Waals surface area contributed by atoms with Crippen molar-refractivity contribution in [3.8, 4) is 33.0 Å². The van der Waals surface area contributed by atoms with E-state index in [1.54, 1.807) is 84.2 Å². The van der Waals surface area contributed by atoms with E-state index in [2.05, 4.69) is 9.97 Å². The fourth-order valence-corrected chi connectivity index (χ4v) is 10.4. The summed E-state index contributed by atoms with van der Waals surface area (Å²) >= 11 is 14.7. The van der Waals surface area contributed by atoms with Crippen LogP contribution in [0.15, 0.2) is 107 Å². The summed E-state index contributed by atoms with van der Waals surface area (Å²) in [5.41, 5.74) is 3.42. The van der Waals surface area contributed by atoms with Gasteiger partial charge in [0.2, 0.25) is 0 Å². The molecule has 4 aromatic carbocycles. The standard InChI is InChI=1S/2C22H19ClN2O6S2/c1-12(14-5-4-6-17(26)20(14)23)31-18-10-19(32-21(18)22(27)30-2)25-11-24-15-9-13(33(3,28)29)7-8-16(15)25;1-12(14-5-4-6-17(26)20(14)23)31-18-10-19(32-21(18)22(27)30-2)25-11-24-15-8-7-13(9-16(15)25)33(3,28)29/h2*4-12,26H,1-3H3/t2*12-/m11/s1. The molecular weight excluding hydrogens is 976 g/mol. The molecule has 0 bridgehead atoms. The van der Waals surface area contributed by atoms with Crippen LogP contribution in [0.5, 0.6) is 23.0 Å². The van der Waals surface area contributed by atoms with Crippen molar-refractivity contribution < 1.29 is 55.6 Å². The number of carbonyl (C=O) groups excluding carboxylic acids is 2. The molecule has 0 saturated heterocycles. The Morgan fingerprint density at radius 3 is 1.53 bits per heavy atom. The number of phenolic OH excluding ortho intramolecular Hbond substituents is 2. The Morgan fingerprint density at radius 1 is 0.621 bits per heavy atom. The summed E-state index contributed by atoms with van der Waals surface area (Å²) in [5.74, 6) is -0.758. The van der Waals surface area contributed by atoms with E-state index < -0.39 is 43.8 Å². The Hall–Kier alpha value is -6.16. The minimum absolute atomic E-state index is 0.0674. The topological polar surface area (TPSA) is 215 Å². The number of imidazole rings is 2. The molecule has 0 saturated carbocycles. The van der Waals surface area contributed by atoms with Gasteiger partial charge in [0.05, 0.1) is 56.1 Å². The lowest BCUT2D eigenvalue weighted by Crippen LogP contribution is -2.07. The van der Waals surface area contributed by atoms with Crippen LogP contribution in [0.4, 0.5) is 0 Å². The quantitative estimate of drug-likeness (QED) is 0.109. The Balaban J connectivity index is 0.000000196. The molecule has 2 atom stereocenters. The number of hydrogen-bond donors (Lipinski definition) is 2. The molecule has 4 heterocycles. The summed E-state index contributed by atoms with van der Waals surface area (Å²) < 4.78 is 73.0. The average molecular weight is 1010 g/mol. The van der Waals surface area contributed by atoms with E-state index in [1.165, 1.54) is 50.6 Å². The smallest absolute Gasteiger partial charge is 0.351 e. The van der Waals surface area contributed by atoms with Crippen LogP contribution in [0, 0.1) is 0 Å². The first-order chi connectivity index (χ1) is 31.2. The number of phenols is 2. The molecule has 16 nitrogen and oxygen atoms in total. The van der Waals surface area contributed by atoms with Crippen molar-refractivity contribution in [1.82, 2.24) is 19.1 Å². The van der Waals surface area contributed by atoms with Crippen molar-refractivity contribution in [2.24, 2.45) is 0 Å². The van der Waals surface area contributed by atoms with Crippen LogP contribution in [0.3, 0.4) is 0 Å². The van der Waals surface area contributed by atoms with Gasteiger partial charge in [-0.15, -0.1) is 22.7 Å². The number of fused-ring (bicyclic) bond motifs is 2. The van der Waals surface area contributed by atoms with Crippen molar-refractivity contribution in [3.63, 3.8) is 0 Å². The highest BCUT2D eigenvalue weighted by Crippen LogP contribution is 2.41. The maximum Gasteiger partial charge on any atom is 0.351 e. The lowest BCUT2D eigenvalue weighted by molar-refractivity contribution is 0.0590. The minimum Gasteiger partial charge on any atom is -0.506 e. The number of esters is 2. The van der Waals surface area contributed by atoms with E-state index in [9.17, 15) is 36.6 Å². The van der Waals surface area contributed by atoms with Crippen molar-refractivity contribution in [1.29, 1.82) is 0 Å². The predicted molar refractivity (Wildman–Crippen MR) is 251 cm³/mol. The van der Waals surface area contributed by atoms with Crippen molar-refractivity contribution in [2.45, 2.75) is 35.8 Å². The number of benzene rings is 4. The number of thiophene rings is 2. The number of nitrogens with zero attached hydrogens (tertiary/aromatic N) is 4. The molecule has 66 heavy (non-hydrogen) atoms. The first-order valence-corrected chi connectivity index (χ1v) is 25.4. The third-order valence-electron chi connectivity index (χ3n) is 9.98. The van der Waals surface area contributed by atoms with Gasteiger partial charge in [-0.3, -0.25) is 9.13 Å². The SMILES string of the molecule is COC(=O)c1sc(-n2cnc3cc(S(C)(=O)=O)ccc32)cc1O[C@H](C)c1cccc(O)c1Cl.COC(=O)c1sc(-n2cnc3ccc(S(C)(=O)=O)cc32)cc1O[C@H](C)c1cccc(O)c1Cl. The van der Waals surface area contributed by atoms with Gasteiger partial charge in [-0.2, -0.15) is 0 Å². The molecule has 0 aliphatic carbocycles. The second-order valence-electron chi connectivity index (χ2n) is 14.5. The lowest BCUT2D eigenvalue weighted by atomic mass is 10.1. The van der Waals surface area contributed by atoms with E-state index in [1.807, 2.05) is 0 Å². The maximum atomic E-state index is 12.4. The maximum absolute atomic E-state index is 12.4. The molecule has 2 N–H and O–H groups in total. The average Bonchev–Trinajstić information content (AvgIpc) is 4.09. The number of hydrogen-bond acceptors (Lipinski definition) is 16. The van der Waals surface area contributed by atoms with E-state index >= 15 is 0 Å². The second-order valence-corrected chi connectivity index (χ2v) is 21.3. The van der Waals surface area contributed by atoms with Gasteiger partial charge in [0, 0.05) is 35.8 Å². The molecule has 8 rings (SSSR count). The van der Waals surface area contributed by atoms with Gasteiger partial charge >= 0.3 is 11.9 Å². The zero-order chi connectivity index (χ0) is 47.8. The molecule has 22 heteroatoms. The molecule has 0 radical (unpaired) electrons. The molecular formula is C44H38Cl2N4O12S4. The van der Waals surface area contributed by atoms with Gasteiger partial charge in [0.1, 0.15) is 57.9 Å². The zero-order valence-electron chi connectivity index (χ0n) is 35.5. The third-order valence-corrected chi connectivity index (χ3v) is 15.2. The Kier molecular flexibility index (Phi) is 13.7. The van der Waals surface area contributed by atoms with E-state index in [0.29, 0.717) is 43.2 Å². The van der Waals surface area contributed by atoms with Crippen molar-refractivity contribution in [3.05, 3.63) is 129 Å². The third kappa shape index (κ3) is 9.84. The summed E-state index contributed by atoms with van der Waals surface area (Å²) in [5, 5.41) is 21.3. The van der Waals surface area contributed by atoms with E-state index in [0.717, 1.165) is 35.2 Å². The Bertz CT molecular complexity index is 3400. The summed E-state index contributed by atoms with van der Waals surface area (Å²) in [6, 6.07) is 22.3. The number of aromatic nitrogens is 4. The number of sulfone groups is 2. The van der Waals surface area contributed by atoms with Gasteiger partial charge in [-0.1, -0.05) is 47.5 Å². The Labute approximate surface area is 396 Å². The highest BCUT2D eigenvalue weighted by atomic mass is 35.5. The first-order valence-electron chi connectivity index (χ1n) is 19.3. The van der Waals surface area contributed by atoms with Crippen LogP contribution in [-0.4, -0.2) is 84.8 Å². The zero-order valence-corrected chi connectivity index (χ0v) is 40.3. The monoisotopic (exact) mass is 1010 g/mol. The van der Waals surface area contributed by atoms with Crippen LogP contribution in [0.1, 0.15) is 56.5 Å². The van der Waals surface area contributed by atoms with Crippen LogP contribution in [0.25, 0.3) is 32.1 Å². The molecule has 0 spiro atoms. The summed E-state index contributed by atoms with van der Waals surface area (Å²) in [4.78, 5) is 34.3. The van der Waals surface area contributed by atoms with Gasteiger partial charge in [-0.05, 0) is 62.4 Å². The minimum atomic E-state index is -3.42. The van der Waals surface area contributed by atoms with Crippen LogP contribution < -0.4 is 9.47 Å². The van der Waals surface area contributed by atoms with Gasteiger partial charge < -0.3 is 29.2 Å². The Morgan fingerprint density at radius 2 is 1.06 bits per heavy atom. The van der Waals surface area contributed by atoms with Crippen LogP contribution in [-0.2, 0) is 29.1 Å². The summed E-state index contributed by atoms with van der Waals surface area (Å²) in [6.45, 7) is 3.49. The molecule has 0 fully saturated rings. The first kappa shape index (κ1) is 47.8. The summed E-state index contributed by atoms with van der Waals surface area (Å²) in [6.07, 6.45) is 4.19. The molecule has 0 amide bonds. The molecule has 0 aliphatic heterocycles. The second kappa shape index (κ2) is 19.0. The fourth-order valence-electron chi connectivity index (χ4n) is 6.61.